The van der Waals surface area contributed by atoms with Crippen LogP contribution in [0.2, 0.25) is 0 Å². The Morgan fingerprint density at radius 2 is 2.00 bits per heavy atom. The third-order valence-corrected chi connectivity index (χ3v) is 5.15. The van der Waals surface area contributed by atoms with E-state index in [2.05, 4.69) is 25.1 Å². The summed E-state index contributed by atoms with van der Waals surface area (Å²) in [6, 6.07) is 11.5. The van der Waals surface area contributed by atoms with Crippen LogP contribution in [0.15, 0.2) is 53.8 Å². The average molecular weight is 383 g/mol. The lowest BCUT2D eigenvalue weighted by Gasteiger charge is -2.10. The normalized spacial score (nSPS) is 11.1. The van der Waals surface area contributed by atoms with Crippen molar-refractivity contribution in [2.75, 3.05) is 18.4 Å². The molecule has 1 aromatic carbocycles. The first-order valence-corrected chi connectivity index (χ1v) is 9.55. The third kappa shape index (κ3) is 4.46. The molecule has 0 fully saturated rings. The summed E-state index contributed by atoms with van der Waals surface area (Å²) in [6.07, 6.45) is 3.20. The van der Waals surface area contributed by atoms with Crippen molar-refractivity contribution in [3.8, 4) is 11.9 Å². The number of nitrogens with one attached hydrogen (secondary N) is 2. The van der Waals surface area contributed by atoms with Crippen LogP contribution in [0.25, 0.3) is 5.82 Å². The van der Waals surface area contributed by atoms with Crippen LogP contribution in [-0.4, -0.2) is 41.3 Å². The molecule has 0 saturated heterocycles. The summed E-state index contributed by atoms with van der Waals surface area (Å²) < 4.78 is 28.8. The van der Waals surface area contributed by atoms with Crippen molar-refractivity contribution in [3.63, 3.8) is 0 Å². The molecule has 0 amide bonds. The zero-order chi connectivity index (χ0) is 19.3. The summed E-state index contributed by atoms with van der Waals surface area (Å²) in [7, 11) is -3.77. The van der Waals surface area contributed by atoms with Gasteiger partial charge in [0.1, 0.15) is 18.2 Å². The first-order chi connectivity index (χ1) is 13.0. The van der Waals surface area contributed by atoms with E-state index in [1.807, 2.05) is 19.1 Å². The van der Waals surface area contributed by atoms with E-state index >= 15 is 0 Å². The van der Waals surface area contributed by atoms with Crippen LogP contribution in [0.4, 0.5) is 5.82 Å². The van der Waals surface area contributed by atoms with Gasteiger partial charge >= 0.3 is 0 Å². The second-order valence-electron chi connectivity index (χ2n) is 5.60. The molecule has 9 nitrogen and oxygen atoms in total. The van der Waals surface area contributed by atoms with Crippen molar-refractivity contribution in [2.45, 2.75) is 11.8 Å². The van der Waals surface area contributed by atoms with Gasteiger partial charge in [-0.3, -0.25) is 0 Å². The molecule has 2 heterocycles. The summed E-state index contributed by atoms with van der Waals surface area (Å²) in [5, 5.41) is 16.4. The molecule has 0 atom stereocenters. The molecule has 0 radical (unpaired) electrons. The number of sulfonamides is 1. The molecule has 27 heavy (non-hydrogen) atoms. The molecule has 0 aliphatic rings. The predicted molar refractivity (Wildman–Crippen MR) is 98.7 cm³/mol. The van der Waals surface area contributed by atoms with E-state index < -0.39 is 10.0 Å². The van der Waals surface area contributed by atoms with Gasteiger partial charge < -0.3 is 5.32 Å². The first-order valence-electron chi connectivity index (χ1n) is 8.07. The molecule has 10 heteroatoms. The maximum Gasteiger partial charge on any atom is 0.241 e. The molecular weight excluding hydrogens is 366 g/mol. The highest BCUT2D eigenvalue weighted by Crippen LogP contribution is 2.14. The minimum atomic E-state index is -3.77. The Morgan fingerprint density at radius 3 is 2.74 bits per heavy atom. The number of benzene rings is 1. The molecule has 138 valence electrons. The van der Waals surface area contributed by atoms with Crippen molar-refractivity contribution < 1.29 is 8.42 Å². The molecular formula is C17H17N7O2S. The van der Waals surface area contributed by atoms with Gasteiger partial charge in [0.25, 0.3) is 0 Å². The van der Waals surface area contributed by atoms with Gasteiger partial charge in [-0.1, -0.05) is 12.1 Å². The number of hydrogen-bond acceptors (Lipinski definition) is 7. The van der Waals surface area contributed by atoms with Crippen molar-refractivity contribution in [1.82, 2.24) is 24.5 Å². The number of anilines is 1. The highest BCUT2D eigenvalue weighted by molar-refractivity contribution is 7.89. The fourth-order valence-electron chi connectivity index (χ4n) is 2.36. The van der Waals surface area contributed by atoms with Gasteiger partial charge in [-0.05, 0) is 25.1 Å². The van der Waals surface area contributed by atoms with E-state index in [4.69, 9.17) is 5.26 Å². The molecule has 0 bridgehead atoms. The Bertz CT molecular complexity index is 1090. The van der Waals surface area contributed by atoms with E-state index in [-0.39, 0.29) is 17.0 Å². The van der Waals surface area contributed by atoms with Crippen LogP contribution in [-0.2, 0) is 10.0 Å². The van der Waals surface area contributed by atoms with Crippen molar-refractivity contribution in [3.05, 3.63) is 60.2 Å². The monoisotopic (exact) mass is 383 g/mol. The predicted octanol–water partition coefficient (Wildman–Crippen LogP) is 1.23. The zero-order valence-electron chi connectivity index (χ0n) is 14.5. The SMILES string of the molecule is Cc1ccn(-c2cc(NCCNS(=O)(=O)c3ccccc3C#N)ncn2)n1. The summed E-state index contributed by atoms with van der Waals surface area (Å²) in [6.45, 7) is 2.32. The van der Waals surface area contributed by atoms with Crippen molar-refractivity contribution in [2.24, 2.45) is 0 Å². The van der Waals surface area contributed by atoms with Gasteiger partial charge in [-0.15, -0.1) is 0 Å². The van der Waals surface area contributed by atoms with Crippen LogP contribution < -0.4 is 10.0 Å². The Balaban J connectivity index is 1.60. The molecule has 2 N–H and O–H groups in total. The summed E-state index contributed by atoms with van der Waals surface area (Å²) in [5.41, 5.74) is 0.975. The maximum absolute atomic E-state index is 12.3. The summed E-state index contributed by atoms with van der Waals surface area (Å²) >= 11 is 0. The fourth-order valence-corrected chi connectivity index (χ4v) is 3.55. The molecule has 0 unspecified atom stereocenters. The Labute approximate surface area is 156 Å². The second kappa shape index (κ2) is 7.94. The largest absolute Gasteiger partial charge is 0.369 e. The van der Waals surface area contributed by atoms with Crippen molar-refractivity contribution in [1.29, 1.82) is 5.26 Å². The van der Waals surface area contributed by atoms with E-state index in [9.17, 15) is 8.42 Å². The van der Waals surface area contributed by atoms with E-state index in [0.717, 1.165) is 5.69 Å². The van der Waals surface area contributed by atoms with Crippen LogP contribution in [0.1, 0.15) is 11.3 Å². The minimum Gasteiger partial charge on any atom is -0.369 e. The minimum absolute atomic E-state index is 0.0362. The number of aromatic nitrogens is 4. The summed E-state index contributed by atoms with van der Waals surface area (Å²) in [4.78, 5) is 8.23. The second-order valence-corrected chi connectivity index (χ2v) is 7.33. The van der Waals surface area contributed by atoms with Gasteiger partial charge in [0.15, 0.2) is 5.82 Å². The standard InChI is InChI=1S/C17H17N7O2S/c1-13-6-9-24(23-13)17-10-16(20-12-21-17)19-7-8-22-27(25,26)15-5-3-2-4-14(15)11-18/h2-6,9-10,12,22H,7-8H2,1H3,(H,19,20,21). The number of nitrogens with zero attached hydrogens (tertiary/aromatic N) is 5. The molecule has 0 aliphatic heterocycles. The number of aryl methyl sites for hydroxylation is 1. The van der Waals surface area contributed by atoms with Gasteiger partial charge in [-0.2, -0.15) is 10.4 Å². The zero-order valence-corrected chi connectivity index (χ0v) is 15.3. The third-order valence-electron chi connectivity index (χ3n) is 3.63. The fraction of sp³-hybridized carbons (Fsp3) is 0.176. The van der Waals surface area contributed by atoms with Gasteiger partial charge in [0.05, 0.1) is 16.2 Å². The lowest BCUT2D eigenvalue weighted by molar-refractivity contribution is 0.582. The van der Waals surface area contributed by atoms with Crippen LogP contribution >= 0.6 is 0 Å². The van der Waals surface area contributed by atoms with E-state index in [0.29, 0.717) is 18.2 Å². The first kappa shape index (κ1) is 18.5. The van der Waals surface area contributed by atoms with Gasteiger partial charge in [0.2, 0.25) is 10.0 Å². The molecule has 2 aromatic heterocycles. The van der Waals surface area contributed by atoms with E-state index in [1.54, 1.807) is 29.1 Å². The molecule has 3 aromatic rings. The van der Waals surface area contributed by atoms with Gasteiger partial charge in [-0.25, -0.2) is 27.8 Å². The average Bonchev–Trinajstić information content (AvgIpc) is 3.12. The van der Waals surface area contributed by atoms with Crippen LogP contribution in [0.5, 0.6) is 0 Å². The van der Waals surface area contributed by atoms with Crippen molar-refractivity contribution >= 4 is 15.8 Å². The number of hydrogen-bond donors (Lipinski definition) is 2. The molecule has 0 aliphatic carbocycles. The topological polar surface area (TPSA) is 126 Å². The van der Waals surface area contributed by atoms with Crippen LogP contribution in [0, 0.1) is 18.3 Å². The van der Waals surface area contributed by atoms with Gasteiger partial charge in [0, 0.05) is 25.4 Å². The number of rotatable bonds is 7. The smallest absolute Gasteiger partial charge is 0.241 e. The highest BCUT2D eigenvalue weighted by Gasteiger charge is 2.17. The molecule has 0 spiro atoms. The molecule has 3 rings (SSSR count). The highest BCUT2D eigenvalue weighted by atomic mass is 32.2. The quantitative estimate of drug-likeness (QED) is 0.588. The van der Waals surface area contributed by atoms with E-state index in [1.165, 1.54) is 18.5 Å². The number of nitriles is 1. The Kier molecular flexibility index (Phi) is 5.44. The van der Waals surface area contributed by atoms with Crippen LogP contribution in [0.3, 0.4) is 0 Å². The summed E-state index contributed by atoms with van der Waals surface area (Å²) in [5.74, 6) is 1.15. The molecule has 0 saturated carbocycles. The Hall–Kier alpha value is -3.29. The lowest BCUT2D eigenvalue weighted by atomic mass is 10.2. The lowest BCUT2D eigenvalue weighted by Crippen LogP contribution is -2.29. The maximum atomic E-state index is 12.3. The Morgan fingerprint density at radius 1 is 1.19 bits per heavy atom.